The molecule has 1 saturated heterocycles. The molecule has 1 heterocycles. The maximum absolute atomic E-state index is 3.82. The third-order valence-electron chi connectivity index (χ3n) is 6.71. The topological polar surface area (TPSA) is 15.3 Å². The maximum atomic E-state index is 3.82. The van der Waals surface area contributed by atoms with E-state index >= 15 is 0 Å². The molecular formula is C19H36N2. The van der Waals surface area contributed by atoms with Gasteiger partial charge in [0.15, 0.2) is 0 Å². The van der Waals surface area contributed by atoms with Crippen LogP contribution >= 0.6 is 0 Å². The molecule has 122 valence electrons. The molecule has 2 nitrogen and oxygen atoms in total. The van der Waals surface area contributed by atoms with Gasteiger partial charge in [0.05, 0.1) is 0 Å². The van der Waals surface area contributed by atoms with Crippen LogP contribution in [0.4, 0.5) is 0 Å². The molecular weight excluding hydrogens is 256 g/mol. The molecule has 2 saturated carbocycles. The molecule has 0 aromatic heterocycles. The van der Waals surface area contributed by atoms with Crippen LogP contribution in [0.3, 0.4) is 0 Å². The molecule has 0 aromatic carbocycles. The summed E-state index contributed by atoms with van der Waals surface area (Å²) in [4.78, 5) is 2.90. The SMILES string of the molecule is CCC1CNC(CC(C)C)CN1C(C)C1CC2CCC1C2. The Morgan fingerprint density at radius 1 is 1.14 bits per heavy atom. The van der Waals surface area contributed by atoms with E-state index in [0.29, 0.717) is 6.04 Å². The zero-order chi connectivity index (χ0) is 15.0. The molecule has 21 heavy (non-hydrogen) atoms. The standard InChI is InChI=1S/C19H36N2/c1-5-18-11-20-17(8-13(2)3)12-21(18)14(4)19-10-15-6-7-16(19)9-15/h13-20H,5-12H2,1-4H3. The Balaban J connectivity index is 1.64. The predicted octanol–water partition coefficient (Wildman–Crippen LogP) is 3.91. The molecule has 1 aliphatic heterocycles. The summed E-state index contributed by atoms with van der Waals surface area (Å²) in [6, 6.07) is 2.29. The zero-order valence-corrected chi connectivity index (χ0v) is 14.6. The lowest BCUT2D eigenvalue weighted by Gasteiger charge is -2.47. The molecule has 3 rings (SSSR count). The van der Waals surface area contributed by atoms with Crippen LogP contribution in [0.25, 0.3) is 0 Å². The molecule has 0 amide bonds. The lowest BCUT2D eigenvalue weighted by molar-refractivity contribution is 0.0381. The van der Waals surface area contributed by atoms with E-state index in [-0.39, 0.29) is 0 Å². The minimum atomic E-state index is 0.717. The van der Waals surface area contributed by atoms with Crippen LogP contribution in [0, 0.1) is 23.7 Å². The summed E-state index contributed by atoms with van der Waals surface area (Å²) >= 11 is 0. The summed E-state index contributed by atoms with van der Waals surface area (Å²) in [5.41, 5.74) is 0. The summed E-state index contributed by atoms with van der Waals surface area (Å²) in [6.45, 7) is 12.1. The first-order valence-electron chi connectivity index (χ1n) is 9.57. The molecule has 3 aliphatic rings. The van der Waals surface area contributed by atoms with Crippen molar-refractivity contribution in [3.63, 3.8) is 0 Å². The Hall–Kier alpha value is -0.0800. The minimum absolute atomic E-state index is 0.717. The van der Waals surface area contributed by atoms with Gasteiger partial charge >= 0.3 is 0 Å². The second-order valence-corrected chi connectivity index (χ2v) is 8.57. The van der Waals surface area contributed by atoms with Crippen molar-refractivity contribution < 1.29 is 0 Å². The van der Waals surface area contributed by atoms with Crippen LogP contribution in [0.5, 0.6) is 0 Å². The van der Waals surface area contributed by atoms with Gasteiger partial charge in [-0.25, -0.2) is 0 Å². The number of rotatable bonds is 5. The number of nitrogens with one attached hydrogen (secondary N) is 1. The lowest BCUT2D eigenvalue weighted by Crippen LogP contribution is -2.60. The summed E-state index contributed by atoms with van der Waals surface area (Å²) in [5, 5.41) is 3.82. The fourth-order valence-corrected chi connectivity index (χ4v) is 5.62. The normalized spacial score (nSPS) is 41.9. The number of hydrogen-bond acceptors (Lipinski definition) is 2. The third kappa shape index (κ3) is 3.32. The van der Waals surface area contributed by atoms with E-state index in [0.717, 1.165) is 35.8 Å². The first-order valence-corrected chi connectivity index (χ1v) is 9.57. The first kappa shape index (κ1) is 15.8. The second kappa shape index (κ2) is 6.58. The average molecular weight is 293 g/mol. The fraction of sp³-hybridized carbons (Fsp3) is 1.00. The van der Waals surface area contributed by atoms with E-state index in [1.54, 1.807) is 6.42 Å². The van der Waals surface area contributed by atoms with Crippen molar-refractivity contribution in [1.29, 1.82) is 0 Å². The first-order chi connectivity index (χ1) is 10.1. The van der Waals surface area contributed by atoms with E-state index in [1.165, 1.54) is 45.2 Å². The van der Waals surface area contributed by atoms with Gasteiger partial charge in [0, 0.05) is 31.2 Å². The van der Waals surface area contributed by atoms with Crippen molar-refractivity contribution in [1.82, 2.24) is 10.2 Å². The van der Waals surface area contributed by atoms with Crippen LogP contribution in [-0.2, 0) is 0 Å². The zero-order valence-electron chi connectivity index (χ0n) is 14.6. The summed E-state index contributed by atoms with van der Waals surface area (Å²) in [6.07, 6.45) is 8.76. The Morgan fingerprint density at radius 3 is 2.52 bits per heavy atom. The van der Waals surface area contributed by atoms with Crippen molar-refractivity contribution in [2.75, 3.05) is 13.1 Å². The van der Waals surface area contributed by atoms with Gasteiger partial charge in [-0.15, -0.1) is 0 Å². The Labute approximate surface area is 132 Å². The average Bonchev–Trinajstić information content (AvgIpc) is 3.08. The monoisotopic (exact) mass is 292 g/mol. The molecule has 2 bridgehead atoms. The Bertz CT molecular complexity index is 340. The summed E-state index contributed by atoms with van der Waals surface area (Å²) in [5.74, 6) is 3.94. The van der Waals surface area contributed by atoms with E-state index in [4.69, 9.17) is 0 Å². The van der Waals surface area contributed by atoms with Gasteiger partial charge in [-0.3, -0.25) is 4.90 Å². The Kier molecular flexibility index (Phi) is 4.95. The highest BCUT2D eigenvalue weighted by Gasteiger charge is 2.44. The lowest BCUT2D eigenvalue weighted by atomic mass is 9.82. The maximum Gasteiger partial charge on any atom is 0.0221 e. The van der Waals surface area contributed by atoms with Crippen LogP contribution in [-0.4, -0.2) is 36.1 Å². The fourth-order valence-electron chi connectivity index (χ4n) is 5.62. The summed E-state index contributed by atoms with van der Waals surface area (Å²) < 4.78 is 0. The molecule has 0 aromatic rings. The van der Waals surface area contributed by atoms with E-state index in [2.05, 4.69) is 37.9 Å². The molecule has 6 unspecified atom stereocenters. The van der Waals surface area contributed by atoms with Crippen molar-refractivity contribution >= 4 is 0 Å². The molecule has 3 fully saturated rings. The van der Waals surface area contributed by atoms with Gasteiger partial charge in [-0.05, 0) is 62.7 Å². The largest absolute Gasteiger partial charge is 0.311 e. The van der Waals surface area contributed by atoms with Gasteiger partial charge in [-0.1, -0.05) is 27.2 Å². The van der Waals surface area contributed by atoms with Crippen LogP contribution in [0.2, 0.25) is 0 Å². The molecule has 1 N–H and O–H groups in total. The van der Waals surface area contributed by atoms with Crippen molar-refractivity contribution in [2.45, 2.75) is 84.3 Å². The minimum Gasteiger partial charge on any atom is -0.311 e. The second-order valence-electron chi connectivity index (χ2n) is 8.57. The molecule has 0 radical (unpaired) electrons. The highest BCUT2D eigenvalue weighted by molar-refractivity contribution is 4.98. The third-order valence-corrected chi connectivity index (χ3v) is 6.71. The van der Waals surface area contributed by atoms with E-state index in [1.807, 2.05) is 0 Å². The van der Waals surface area contributed by atoms with E-state index < -0.39 is 0 Å². The predicted molar refractivity (Wildman–Crippen MR) is 90.4 cm³/mol. The number of fused-ring (bicyclic) bond motifs is 2. The molecule has 2 aliphatic carbocycles. The molecule has 6 atom stereocenters. The number of nitrogens with zero attached hydrogens (tertiary/aromatic N) is 1. The van der Waals surface area contributed by atoms with Crippen LogP contribution in [0.15, 0.2) is 0 Å². The molecule has 0 spiro atoms. The van der Waals surface area contributed by atoms with Gasteiger partial charge in [-0.2, -0.15) is 0 Å². The quantitative estimate of drug-likeness (QED) is 0.826. The van der Waals surface area contributed by atoms with E-state index in [9.17, 15) is 0 Å². The van der Waals surface area contributed by atoms with Crippen LogP contribution in [0.1, 0.15) is 66.2 Å². The van der Waals surface area contributed by atoms with Crippen molar-refractivity contribution in [3.8, 4) is 0 Å². The van der Waals surface area contributed by atoms with Gasteiger partial charge < -0.3 is 5.32 Å². The Morgan fingerprint density at radius 2 is 1.95 bits per heavy atom. The van der Waals surface area contributed by atoms with Gasteiger partial charge in [0.2, 0.25) is 0 Å². The summed E-state index contributed by atoms with van der Waals surface area (Å²) in [7, 11) is 0. The smallest absolute Gasteiger partial charge is 0.0221 e. The van der Waals surface area contributed by atoms with Crippen LogP contribution < -0.4 is 5.32 Å². The highest BCUT2D eigenvalue weighted by atomic mass is 15.3. The van der Waals surface area contributed by atoms with Gasteiger partial charge in [0.25, 0.3) is 0 Å². The van der Waals surface area contributed by atoms with Crippen molar-refractivity contribution in [2.24, 2.45) is 23.7 Å². The van der Waals surface area contributed by atoms with Crippen molar-refractivity contribution in [3.05, 3.63) is 0 Å². The number of hydrogen-bond donors (Lipinski definition) is 1. The number of piperazine rings is 1. The molecule has 2 heteroatoms. The van der Waals surface area contributed by atoms with Gasteiger partial charge in [0.1, 0.15) is 0 Å². The highest BCUT2D eigenvalue weighted by Crippen LogP contribution is 2.50.